The molecule has 0 aromatic heterocycles. The van der Waals surface area contributed by atoms with E-state index in [4.69, 9.17) is 4.74 Å². The Morgan fingerprint density at radius 1 is 1.06 bits per heavy atom. The SMILES string of the molecule is COc1ccc(NCCNC(=O)[C@H](Cc2ccccc2)NC(=O)CC2C=CCC2)cc1. The smallest absolute Gasteiger partial charge is 0.242 e. The van der Waals surface area contributed by atoms with E-state index in [9.17, 15) is 9.59 Å². The van der Waals surface area contributed by atoms with Crippen molar-refractivity contribution in [3.8, 4) is 5.75 Å². The van der Waals surface area contributed by atoms with Gasteiger partial charge in [-0.05, 0) is 48.6 Å². The Balaban J connectivity index is 1.50. The second kappa shape index (κ2) is 11.8. The molecule has 0 aliphatic heterocycles. The number of anilines is 1. The van der Waals surface area contributed by atoms with Gasteiger partial charge in [-0.1, -0.05) is 42.5 Å². The van der Waals surface area contributed by atoms with Crippen molar-refractivity contribution in [3.05, 3.63) is 72.3 Å². The van der Waals surface area contributed by atoms with Crippen LogP contribution in [0.1, 0.15) is 24.8 Å². The summed E-state index contributed by atoms with van der Waals surface area (Å²) in [6, 6.07) is 16.8. The third kappa shape index (κ3) is 7.48. The van der Waals surface area contributed by atoms with E-state index < -0.39 is 6.04 Å². The molecule has 2 atom stereocenters. The number of amides is 2. The van der Waals surface area contributed by atoms with Crippen molar-refractivity contribution in [1.82, 2.24) is 10.6 Å². The lowest BCUT2D eigenvalue weighted by molar-refractivity contribution is -0.129. The Morgan fingerprint density at radius 3 is 2.52 bits per heavy atom. The second-order valence-electron chi connectivity index (χ2n) is 7.73. The van der Waals surface area contributed by atoms with Crippen molar-refractivity contribution in [3.63, 3.8) is 0 Å². The van der Waals surface area contributed by atoms with E-state index in [1.165, 1.54) is 0 Å². The van der Waals surface area contributed by atoms with Crippen LogP contribution in [0.3, 0.4) is 0 Å². The molecule has 0 saturated carbocycles. The number of carbonyl (C=O) groups excluding carboxylic acids is 2. The van der Waals surface area contributed by atoms with Crippen LogP contribution >= 0.6 is 0 Å². The van der Waals surface area contributed by atoms with E-state index in [1.807, 2.05) is 54.6 Å². The van der Waals surface area contributed by atoms with Gasteiger partial charge in [-0.15, -0.1) is 0 Å². The fourth-order valence-electron chi connectivity index (χ4n) is 3.64. The molecule has 0 fully saturated rings. The number of methoxy groups -OCH3 is 1. The van der Waals surface area contributed by atoms with Crippen LogP contribution in [0.2, 0.25) is 0 Å². The summed E-state index contributed by atoms with van der Waals surface area (Å²) in [6.07, 6.45) is 7.12. The normalized spacial score (nSPS) is 15.8. The van der Waals surface area contributed by atoms with Crippen molar-refractivity contribution in [2.24, 2.45) is 5.92 Å². The monoisotopic (exact) mass is 421 g/mol. The lowest BCUT2D eigenvalue weighted by atomic mass is 10.0. The third-order valence-electron chi connectivity index (χ3n) is 5.34. The number of benzene rings is 2. The highest BCUT2D eigenvalue weighted by Gasteiger charge is 2.22. The van der Waals surface area contributed by atoms with Crippen LogP contribution < -0.4 is 20.7 Å². The Hall–Kier alpha value is -3.28. The lowest BCUT2D eigenvalue weighted by Gasteiger charge is -2.20. The van der Waals surface area contributed by atoms with Crippen molar-refractivity contribution in [2.45, 2.75) is 31.7 Å². The van der Waals surface area contributed by atoms with E-state index in [2.05, 4.69) is 28.1 Å². The number of carbonyl (C=O) groups is 2. The van der Waals surface area contributed by atoms with E-state index in [0.29, 0.717) is 25.9 Å². The third-order valence-corrected chi connectivity index (χ3v) is 5.34. The molecule has 2 amide bonds. The van der Waals surface area contributed by atoms with Gasteiger partial charge < -0.3 is 20.7 Å². The largest absolute Gasteiger partial charge is 0.497 e. The summed E-state index contributed by atoms with van der Waals surface area (Å²) < 4.78 is 5.15. The number of allylic oxidation sites excluding steroid dienone is 2. The summed E-state index contributed by atoms with van der Waals surface area (Å²) in [5.74, 6) is 0.820. The molecule has 2 aromatic carbocycles. The fourth-order valence-corrected chi connectivity index (χ4v) is 3.64. The highest BCUT2D eigenvalue weighted by Crippen LogP contribution is 2.20. The first-order valence-corrected chi connectivity index (χ1v) is 10.8. The van der Waals surface area contributed by atoms with Crippen LogP contribution in [0.15, 0.2) is 66.7 Å². The van der Waals surface area contributed by atoms with Crippen LogP contribution in [0.5, 0.6) is 5.75 Å². The molecular weight excluding hydrogens is 390 g/mol. The number of hydrogen-bond acceptors (Lipinski definition) is 4. The summed E-state index contributed by atoms with van der Waals surface area (Å²) in [5, 5.41) is 9.15. The maximum Gasteiger partial charge on any atom is 0.242 e. The molecule has 0 bridgehead atoms. The molecular formula is C25H31N3O3. The minimum Gasteiger partial charge on any atom is -0.497 e. The Labute approximate surface area is 184 Å². The molecule has 0 radical (unpaired) electrons. The highest BCUT2D eigenvalue weighted by atomic mass is 16.5. The van der Waals surface area contributed by atoms with Gasteiger partial charge in [-0.3, -0.25) is 9.59 Å². The van der Waals surface area contributed by atoms with E-state index in [-0.39, 0.29) is 17.7 Å². The Morgan fingerprint density at radius 2 is 1.84 bits per heavy atom. The van der Waals surface area contributed by atoms with Gasteiger partial charge in [-0.2, -0.15) is 0 Å². The molecule has 1 unspecified atom stereocenters. The first-order valence-electron chi connectivity index (χ1n) is 10.8. The zero-order valence-electron chi connectivity index (χ0n) is 18.0. The summed E-state index contributed by atoms with van der Waals surface area (Å²) >= 11 is 0. The van der Waals surface area contributed by atoms with Crippen molar-refractivity contribution in [2.75, 3.05) is 25.5 Å². The average Bonchev–Trinajstić information content (AvgIpc) is 3.30. The summed E-state index contributed by atoms with van der Waals surface area (Å²) in [4.78, 5) is 25.4. The number of nitrogens with one attached hydrogen (secondary N) is 3. The van der Waals surface area contributed by atoms with Crippen LogP contribution in [0.4, 0.5) is 5.69 Å². The molecule has 3 N–H and O–H groups in total. The van der Waals surface area contributed by atoms with Crippen molar-refractivity contribution in [1.29, 1.82) is 0 Å². The molecule has 0 spiro atoms. The molecule has 6 nitrogen and oxygen atoms in total. The molecule has 0 heterocycles. The van der Waals surface area contributed by atoms with E-state index in [0.717, 1.165) is 29.8 Å². The Kier molecular flexibility index (Phi) is 8.52. The van der Waals surface area contributed by atoms with Gasteiger partial charge in [0.05, 0.1) is 7.11 Å². The maximum absolute atomic E-state index is 12.8. The van der Waals surface area contributed by atoms with Gasteiger partial charge in [0, 0.05) is 31.6 Å². The van der Waals surface area contributed by atoms with Gasteiger partial charge >= 0.3 is 0 Å². The number of ether oxygens (including phenoxy) is 1. The van der Waals surface area contributed by atoms with E-state index >= 15 is 0 Å². The Bertz CT molecular complexity index is 865. The molecule has 164 valence electrons. The van der Waals surface area contributed by atoms with Crippen LogP contribution in [0, 0.1) is 5.92 Å². The summed E-state index contributed by atoms with van der Waals surface area (Å²) in [7, 11) is 1.63. The van der Waals surface area contributed by atoms with E-state index in [1.54, 1.807) is 7.11 Å². The topological polar surface area (TPSA) is 79.5 Å². The predicted octanol–water partition coefficient (Wildman–Crippen LogP) is 3.31. The number of hydrogen-bond donors (Lipinski definition) is 3. The van der Waals surface area contributed by atoms with Crippen molar-refractivity contribution < 1.29 is 14.3 Å². The van der Waals surface area contributed by atoms with Gasteiger partial charge in [0.15, 0.2) is 0 Å². The van der Waals surface area contributed by atoms with Gasteiger partial charge in [0.25, 0.3) is 0 Å². The standard InChI is InChI=1S/C25H31N3O3/c1-31-22-13-11-21(12-14-22)26-15-16-27-25(30)23(17-19-7-3-2-4-8-19)28-24(29)18-20-9-5-6-10-20/h2-5,7-9,11-14,20,23,26H,6,10,15-18H2,1H3,(H,27,30)(H,28,29)/t20?,23-/m0/s1. The zero-order valence-corrected chi connectivity index (χ0v) is 18.0. The average molecular weight is 422 g/mol. The maximum atomic E-state index is 12.8. The minimum atomic E-state index is -0.596. The molecule has 6 heteroatoms. The van der Waals surface area contributed by atoms with Gasteiger partial charge in [-0.25, -0.2) is 0 Å². The predicted molar refractivity (Wildman–Crippen MR) is 123 cm³/mol. The summed E-state index contributed by atoms with van der Waals surface area (Å²) in [6.45, 7) is 1.04. The second-order valence-corrected chi connectivity index (χ2v) is 7.73. The number of rotatable bonds is 11. The minimum absolute atomic E-state index is 0.0796. The van der Waals surface area contributed by atoms with Gasteiger partial charge in [0.2, 0.25) is 11.8 Å². The van der Waals surface area contributed by atoms with Crippen molar-refractivity contribution >= 4 is 17.5 Å². The first-order chi connectivity index (χ1) is 15.1. The molecule has 1 aliphatic rings. The van der Waals surface area contributed by atoms with Gasteiger partial charge in [0.1, 0.15) is 11.8 Å². The molecule has 31 heavy (non-hydrogen) atoms. The fraction of sp³-hybridized carbons (Fsp3) is 0.360. The first kappa shape index (κ1) is 22.4. The zero-order chi connectivity index (χ0) is 21.9. The quantitative estimate of drug-likeness (QED) is 0.384. The molecule has 3 rings (SSSR count). The summed E-state index contributed by atoms with van der Waals surface area (Å²) in [5.41, 5.74) is 1.97. The van der Waals surface area contributed by atoms with Crippen LogP contribution in [-0.4, -0.2) is 38.1 Å². The molecule has 1 aliphatic carbocycles. The van der Waals surface area contributed by atoms with Crippen LogP contribution in [0.25, 0.3) is 0 Å². The van der Waals surface area contributed by atoms with Crippen LogP contribution in [-0.2, 0) is 16.0 Å². The molecule has 2 aromatic rings. The molecule has 0 saturated heterocycles. The lowest BCUT2D eigenvalue weighted by Crippen LogP contribution is -2.49. The highest BCUT2D eigenvalue weighted by molar-refractivity contribution is 5.88.